The fourth-order valence-corrected chi connectivity index (χ4v) is 3.46. The van der Waals surface area contributed by atoms with Gasteiger partial charge in [-0.1, -0.05) is 6.92 Å². The molecule has 20 heavy (non-hydrogen) atoms. The summed E-state index contributed by atoms with van der Waals surface area (Å²) in [6, 6.07) is 5.68. The minimum absolute atomic E-state index is 0.0402. The Morgan fingerprint density at radius 3 is 2.05 bits per heavy atom. The Labute approximate surface area is 117 Å². The number of benzene rings is 1. The quantitative estimate of drug-likeness (QED) is 0.736. The summed E-state index contributed by atoms with van der Waals surface area (Å²) < 4.78 is 59.5. The van der Waals surface area contributed by atoms with E-state index in [0.29, 0.717) is 0 Å². The number of nitrogens with zero attached hydrogens (tertiary/aromatic N) is 2. The second-order valence-corrected chi connectivity index (χ2v) is 7.10. The Morgan fingerprint density at radius 2 is 1.65 bits per heavy atom. The largest absolute Gasteiger partial charge is 0.332 e. The van der Waals surface area contributed by atoms with Gasteiger partial charge in [0, 0.05) is 19.5 Å². The fraction of sp³-hybridized carbons (Fsp3) is 0.364. The lowest BCUT2D eigenvalue weighted by molar-refractivity contribution is 0.435. The maximum atomic E-state index is 12.7. The van der Waals surface area contributed by atoms with Gasteiger partial charge in [0.2, 0.25) is 10.0 Å². The number of sulfonamides is 1. The van der Waals surface area contributed by atoms with E-state index in [0.717, 1.165) is 28.6 Å². The summed E-state index contributed by atoms with van der Waals surface area (Å²) in [7, 11) is -8.68. The van der Waals surface area contributed by atoms with Crippen molar-refractivity contribution in [2.75, 3.05) is 13.1 Å². The highest BCUT2D eigenvalue weighted by atomic mass is 32.3. The van der Waals surface area contributed by atoms with Crippen LogP contribution in [-0.2, 0) is 20.2 Å². The van der Waals surface area contributed by atoms with Crippen molar-refractivity contribution < 1.29 is 20.7 Å². The van der Waals surface area contributed by atoms with Crippen molar-refractivity contribution in [1.82, 2.24) is 4.31 Å². The van der Waals surface area contributed by atoms with Gasteiger partial charge in [-0.2, -0.15) is 18.0 Å². The zero-order valence-corrected chi connectivity index (χ0v) is 12.3. The Bertz CT molecular complexity index is 706. The lowest BCUT2D eigenvalue weighted by atomic mass is 10.4. The highest BCUT2D eigenvalue weighted by Gasteiger charge is 2.23. The Balaban J connectivity index is 3.13. The minimum Gasteiger partial charge on any atom is -0.207 e. The molecule has 0 radical (unpaired) electrons. The van der Waals surface area contributed by atoms with E-state index >= 15 is 0 Å². The molecule has 0 spiro atoms. The summed E-state index contributed by atoms with van der Waals surface area (Å²) in [5.74, 6) is 0. The number of halogens is 1. The molecule has 0 unspecified atom stereocenters. The molecule has 1 rings (SSSR count). The van der Waals surface area contributed by atoms with Gasteiger partial charge >= 0.3 is 10.2 Å². The molecular formula is C11H13FN2O4S2. The Kier molecular flexibility index (Phi) is 5.21. The van der Waals surface area contributed by atoms with Crippen molar-refractivity contribution in [3.05, 3.63) is 24.3 Å². The van der Waals surface area contributed by atoms with Gasteiger partial charge in [0.15, 0.2) is 0 Å². The second kappa shape index (κ2) is 6.30. The first-order chi connectivity index (χ1) is 9.23. The standard InChI is InChI=1S/C11H13FN2O4S2/c1-2-14(9-3-8-13)20(17,18)11-6-4-10(5-7-11)19(12,15)16/h4-7H,2-3,9H2,1H3. The van der Waals surface area contributed by atoms with E-state index in [2.05, 4.69) is 0 Å². The van der Waals surface area contributed by atoms with Gasteiger partial charge in [0.25, 0.3) is 0 Å². The fourth-order valence-electron chi connectivity index (χ4n) is 1.55. The van der Waals surface area contributed by atoms with Crippen molar-refractivity contribution in [2.45, 2.75) is 23.1 Å². The molecule has 0 fully saturated rings. The van der Waals surface area contributed by atoms with Crippen LogP contribution in [-0.4, -0.2) is 34.2 Å². The van der Waals surface area contributed by atoms with Gasteiger partial charge in [-0.15, -0.1) is 3.89 Å². The lowest BCUT2D eigenvalue weighted by Gasteiger charge is -2.19. The number of rotatable bonds is 6. The van der Waals surface area contributed by atoms with Gasteiger partial charge in [0.1, 0.15) is 0 Å². The first kappa shape index (κ1) is 16.6. The summed E-state index contributed by atoms with van der Waals surface area (Å²) in [4.78, 5) is -0.749. The monoisotopic (exact) mass is 320 g/mol. The summed E-state index contributed by atoms with van der Waals surface area (Å²) in [6.07, 6.45) is 0.0456. The molecule has 0 N–H and O–H groups in total. The predicted molar refractivity (Wildman–Crippen MR) is 69.4 cm³/mol. The molecule has 1 aromatic carbocycles. The van der Waals surface area contributed by atoms with Gasteiger partial charge in [-0.3, -0.25) is 0 Å². The average molecular weight is 320 g/mol. The maximum Gasteiger partial charge on any atom is 0.332 e. The van der Waals surface area contributed by atoms with Gasteiger partial charge in [-0.05, 0) is 24.3 Å². The third-order valence-corrected chi connectivity index (χ3v) is 5.39. The van der Waals surface area contributed by atoms with Crippen molar-refractivity contribution in [2.24, 2.45) is 0 Å². The van der Waals surface area contributed by atoms with E-state index in [1.54, 1.807) is 6.92 Å². The molecule has 9 heteroatoms. The van der Waals surface area contributed by atoms with E-state index in [-0.39, 0.29) is 24.4 Å². The van der Waals surface area contributed by atoms with Crippen molar-refractivity contribution in [3.8, 4) is 6.07 Å². The van der Waals surface area contributed by atoms with Crippen molar-refractivity contribution >= 4 is 20.2 Å². The second-order valence-electron chi connectivity index (χ2n) is 3.81. The molecule has 0 aliphatic carbocycles. The zero-order valence-electron chi connectivity index (χ0n) is 10.7. The molecule has 6 nitrogen and oxygen atoms in total. The van der Waals surface area contributed by atoms with Crippen LogP contribution in [0, 0.1) is 11.3 Å². The molecule has 0 amide bonds. The molecule has 110 valence electrons. The number of hydrogen-bond donors (Lipinski definition) is 0. The van der Waals surface area contributed by atoms with Crippen LogP contribution in [0.4, 0.5) is 3.89 Å². The number of hydrogen-bond acceptors (Lipinski definition) is 5. The van der Waals surface area contributed by atoms with Crippen molar-refractivity contribution in [1.29, 1.82) is 5.26 Å². The van der Waals surface area contributed by atoms with Crippen LogP contribution < -0.4 is 0 Å². The van der Waals surface area contributed by atoms with Crippen LogP contribution in [0.3, 0.4) is 0 Å². The molecule has 0 aliphatic rings. The molecule has 0 aromatic heterocycles. The molecular weight excluding hydrogens is 307 g/mol. The maximum absolute atomic E-state index is 12.7. The third-order valence-electron chi connectivity index (χ3n) is 2.57. The molecule has 0 aliphatic heterocycles. The van der Waals surface area contributed by atoms with Crippen LogP contribution >= 0.6 is 0 Å². The summed E-state index contributed by atoms with van der Waals surface area (Å²) in [5.41, 5.74) is 0. The van der Waals surface area contributed by atoms with E-state index in [9.17, 15) is 20.7 Å². The Morgan fingerprint density at radius 1 is 1.15 bits per heavy atom. The molecule has 1 aromatic rings. The summed E-state index contributed by atoms with van der Waals surface area (Å²) >= 11 is 0. The normalized spacial score (nSPS) is 12.3. The summed E-state index contributed by atoms with van der Waals surface area (Å²) in [5, 5.41) is 8.49. The molecule has 0 heterocycles. The number of nitriles is 1. The van der Waals surface area contributed by atoms with Gasteiger partial charge in [0.05, 0.1) is 15.9 Å². The lowest BCUT2D eigenvalue weighted by Crippen LogP contribution is -2.31. The first-order valence-corrected chi connectivity index (χ1v) is 8.47. The van der Waals surface area contributed by atoms with E-state index in [4.69, 9.17) is 5.26 Å². The third kappa shape index (κ3) is 3.75. The minimum atomic E-state index is -4.86. The predicted octanol–water partition coefficient (Wildman–Crippen LogP) is 1.27. The zero-order chi connectivity index (χ0) is 15.4. The van der Waals surface area contributed by atoms with Gasteiger partial charge < -0.3 is 0 Å². The molecule has 0 saturated carbocycles. The van der Waals surface area contributed by atoms with Crippen molar-refractivity contribution in [3.63, 3.8) is 0 Å². The summed E-state index contributed by atoms with van der Waals surface area (Å²) in [6.45, 7) is 1.83. The van der Waals surface area contributed by atoms with Crippen LogP contribution in [0.1, 0.15) is 13.3 Å². The Hall–Kier alpha value is -1.50. The molecule has 0 bridgehead atoms. The molecule has 0 atom stereocenters. The van der Waals surface area contributed by atoms with Crippen LogP contribution in [0.2, 0.25) is 0 Å². The van der Waals surface area contributed by atoms with Crippen LogP contribution in [0.25, 0.3) is 0 Å². The smallest absolute Gasteiger partial charge is 0.207 e. The SMILES string of the molecule is CCN(CCC#N)S(=O)(=O)c1ccc(S(=O)(=O)F)cc1. The van der Waals surface area contributed by atoms with E-state index in [1.165, 1.54) is 0 Å². The average Bonchev–Trinajstić information content (AvgIpc) is 2.38. The van der Waals surface area contributed by atoms with Crippen LogP contribution in [0.15, 0.2) is 34.1 Å². The van der Waals surface area contributed by atoms with Crippen LogP contribution in [0.5, 0.6) is 0 Å². The highest BCUT2D eigenvalue weighted by Crippen LogP contribution is 2.19. The highest BCUT2D eigenvalue weighted by molar-refractivity contribution is 7.89. The van der Waals surface area contributed by atoms with E-state index in [1.807, 2.05) is 6.07 Å². The van der Waals surface area contributed by atoms with Gasteiger partial charge in [-0.25, -0.2) is 8.42 Å². The van der Waals surface area contributed by atoms with E-state index < -0.39 is 25.1 Å². The first-order valence-electron chi connectivity index (χ1n) is 5.65. The molecule has 0 saturated heterocycles. The topological polar surface area (TPSA) is 95.3 Å².